The third kappa shape index (κ3) is 3.35. The molecule has 1 aliphatic rings. The SMILES string of the molecule is O=c1c2ccccc2[se]n1CCOC1OC(CO)C(O)C(O)C1O. The average Bonchev–Trinajstić information content (AvgIpc) is 2.91. The quantitative estimate of drug-likeness (QED) is 0.421. The summed E-state index contributed by atoms with van der Waals surface area (Å²) in [5, 5.41) is 39.1. The van der Waals surface area contributed by atoms with Crippen LogP contribution >= 0.6 is 0 Å². The van der Waals surface area contributed by atoms with Gasteiger partial charge in [-0.1, -0.05) is 0 Å². The van der Waals surface area contributed by atoms with Gasteiger partial charge < -0.3 is 0 Å². The number of nitrogens with zero attached hydrogens (tertiary/aromatic N) is 1. The van der Waals surface area contributed by atoms with Gasteiger partial charge in [0.15, 0.2) is 0 Å². The van der Waals surface area contributed by atoms with Gasteiger partial charge in [-0.2, -0.15) is 0 Å². The normalized spacial score (nSPS) is 30.8. The first-order chi connectivity index (χ1) is 11.5. The first-order valence-electron chi connectivity index (χ1n) is 7.54. The Morgan fingerprint density at radius 1 is 1.17 bits per heavy atom. The van der Waals surface area contributed by atoms with Crippen LogP contribution in [0.3, 0.4) is 0 Å². The summed E-state index contributed by atoms with van der Waals surface area (Å²) >= 11 is -0.119. The molecule has 132 valence electrons. The molecule has 1 aliphatic heterocycles. The fourth-order valence-electron chi connectivity index (χ4n) is 2.62. The van der Waals surface area contributed by atoms with Crippen LogP contribution in [0.5, 0.6) is 0 Å². The Labute approximate surface area is 143 Å². The third-order valence-corrected chi connectivity index (χ3v) is 6.33. The van der Waals surface area contributed by atoms with Gasteiger partial charge in [0, 0.05) is 0 Å². The number of aliphatic hydroxyl groups excluding tert-OH is 4. The second-order valence-electron chi connectivity index (χ2n) is 5.56. The second-order valence-corrected chi connectivity index (χ2v) is 7.79. The first-order valence-corrected chi connectivity index (χ1v) is 9.16. The Morgan fingerprint density at radius 2 is 1.92 bits per heavy atom. The Hall–Kier alpha value is -1.03. The van der Waals surface area contributed by atoms with Crippen molar-refractivity contribution in [1.82, 2.24) is 3.56 Å². The van der Waals surface area contributed by atoms with E-state index in [9.17, 15) is 20.1 Å². The van der Waals surface area contributed by atoms with E-state index in [2.05, 4.69) is 0 Å². The number of fused-ring (bicyclic) bond motifs is 1. The monoisotopic (exact) mass is 405 g/mol. The summed E-state index contributed by atoms with van der Waals surface area (Å²) in [5.74, 6) is 0. The molecule has 0 radical (unpaired) electrons. The fourth-order valence-corrected chi connectivity index (χ4v) is 4.67. The standard InChI is InChI=1S/C15H19NO7Se/c17-7-9-11(18)12(19)13(20)15(23-9)22-6-5-16-14(21)8-3-1-2-4-10(8)24-16/h1-4,9,11-13,15,17-20H,5-7H2. The van der Waals surface area contributed by atoms with Crippen LogP contribution in [-0.2, 0) is 16.0 Å². The Morgan fingerprint density at radius 3 is 2.62 bits per heavy atom. The van der Waals surface area contributed by atoms with E-state index < -0.39 is 37.3 Å². The van der Waals surface area contributed by atoms with E-state index in [0.717, 1.165) is 4.26 Å². The minimum atomic E-state index is -1.47. The predicted octanol–water partition coefficient (Wildman–Crippen LogP) is -2.12. The van der Waals surface area contributed by atoms with E-state index in [1.165, 1.54) is 0 Å². The summed E-state index contributed by atoms with van der Waals surface area (Å²) in [6.07, 6.45) is -6.49. The van der Waals surface area contributed by atoms with Crippen LogP contribution in [0.15, 0.2) is 29.1 Å². The van der Waals surface area contributed by atoms with Crippen LogP contribution < -0.4 is 5.56 Å². The molecule has 5 unspecified atom stereocenters. The molecule has 0 amide bonds. The van der Waals surface area contributed by atoms with Crippen molar-refractivity contribution < 1.29 is 29.9 Å². The molecule has 0 aliphatic carbocycles. The third-order valence-electron chi connectivity index (χ3n) is 3.98. The minimum absolute atomic E-state index is 0.0528. The summed E-state index contributed by atoms with van der Waals surface area (Å²) in [4.78, 5) is 12.2. The van der Waals surface area contributed by atoms with Crippen molar-refractivity contribution >= 4 is 24.4 Å². The number of hydrogen-bond donors (Lipinski definition) is 4. The molecule has 1 aromatic heterocycles. The van der Waals surface area contributed by atoms with Crippen molar-refractivity contribution in [1.29, 1.82) is 0 Å². The maximum absolute atomic E-state index is 12.2. The Kier molecular flexibility index (Phi) is 5.53. The summed E-state index contributed by atoms with van der Waals surface area (Å²) in [6.45, 7) is -0.0828. The van der Waals surface area contributed by atoms with Crippen molar-refractivity contribution in [3.8, 4) is 0 Å². The Bertz CT molecular complexity index is 743. The van der Waals surface area contributed by atoms with Gasteiger partial charge >= 0.3 is 143 Å². The summed E-state index contributed by atoms with van der Waals surface area (Å²) < 4.78 is 13.4. The second kappa shape index (κ2) is 7.47. The zero-order chi connectivity index (χ0) is 17.3. The molecule has 8 nitrogen and oxygen atoms in total. The first kappa shape index (κ1) is 17.8. The molecular weight excluding hydrogens is 385 g/mol. The number of rotatable bonds is 5. The summed E-state index contributed by atoms with van der Waals surface area (Å²) in [5.41, 5.74) is -0.0528. The van der Waals surface area contributed by atoms with Crippen molar-refractivity contribution in [3.05, 3.63) is 34.6 Å². The van der Waals surface area contributed by atoms with Gasteiger partial charge in [-0.15, -0.1) is 0 Å². The molecular formula is C15H19NO7Se. The van der Waals surface area contributed by atoms with Gasteiger partial charge in [-0.25, -0.2) is 0 Å². The molecule has 1 aromatic carbocycles. The summed E-state index contributed by atoms with van der Waals surface area (Å²) in [7, 11) is 0. The van der Waals surface area contributed by atoms with Gasteiger partial charge in [-0.05, 0) is 0 Å². The summed E-state index contributed by atoms with van der Waals surface area (Å²) in [6, 6.07) is 7.42. The van der Waals surface area contributed by atoms with Crippen LogP contribution in [0.4, 0.5) is 0 Å². The van der Waals surface area contributed by atoms with Crippen LogP contribution in [0.2, 0.25) is 0 Å². The molecule has 2 aromatic rings. The number of ether oxygens (including phenoxy) is 2. The molecule has 1 saturated heterocycles. The molecule has 5 atom stereocenters. The fraction of sp³-hybridized carbons (Fsp3) is 0.533. The van der Waals surface area contributed by atoms with Gasteiger partial charge in [0.05, 0.1) is 0 Å². The van der Waals surface area contributed by atoms with Crippen molar-refractivity contribution in [2.75, 3.05) is 13.2 Å². The zero-order valence-corrected chi connectivity index (χ0v) is 14.4. The van der Waals surface area contributed by atoms with Crippen LogP contribution in [0, 0.1) is 0 Å². The number of aromatic nitrogens is 1. The van der Waals surface area contributed by atoms with E-state index in [4.69, 9.17) is 14.6 Å². The van der Waals surface area contributed by atoms with E-state index >= 15 is 0 Å². The average molecular weight is 404 g/mol. The van der Waals surface area contributed by atoms with E-state index in [0.29, 0.717) is 11.9 Å². The molecule has 0 bridgehead atoms. The molecule has 24 heavy (non-hydrogen) atoms. The molecule has 3 rings (SSSR count). The molecule has 0 saturated carbocycles. The van der Waals surface area contributed by atoms with Gasteiger partial charge in [-0.3, -0.25) is 0 Å². The van der Waals surface area contributed by atoms with E-state index in [1.807, 2.05) is 18.2 Å². The predicted molar refractivity (Wildman–Crippen MR) is 84.9 cm³/mol. The van der Waals surface area contributed by atoms with Crippen LogP contribution in [0.25, 0.3) is 9.65 Å². The van der Waals surface area contributed by atoms with Crippen molar-refractivity contribution in [3.63, 3.8) is 0 Å². The molecule has 9 heteroatoms. The molecule has 0 spiro atoms. The van der Waals surface area contributed by atoms with Crippen molar-refractivity contribution in [2.45, 2.75) is 37.3 Å². The molecule has 4 N–H and O–H groups in total. The van der Waals surface area contributed by atoms with Gasteiger partial charge in [0.25, 0.3) is 0 Å². The van der Waals surface area contributed by atoms with Crippen LogP contribution in [0.1, 0.15) is 0 Å². The zero-order valence-electron chi connectivity index (χ0n) is 12.7. The number of aliphatic hydroxyl groups is 4. The van der Waals surface area contributed by atoms with Crippen LogP contribution in [-0.4, -0.2) is 82.6 Å². The van der Waals surface area contributed by atoms with Gasteiger partial charge in [0.2, 0.25) is 0 Å². The topological polar surface area (TPSA) is 121 Å². The number of benzene rings is 1. The van der Waals surface area contributed by atoms with Crippen molar-refractivity contribution in [2.24, 2.45) is 0 Å². The Balaban J connectivity index is 1.63. The van der Waals surface area contributed by atoms with Gasteiger partial charge in [0.1, 0.15) is 0 Å². The van der Waals surface area contributed by atoms with E-state index in [-0.39, 0.29) is 26.9 Å². The maximum atomic E-state index is 12.2. The number of hydrogen-bond acceptors (Lipinski definition) is 7. The molecule has 1 fully saturated rings. The van der Waals surface area contributed by atoms with E-state index in [1.54, 1.807) is 9.63 Å². The molecule has 2 heterocycles.